The van der Waals surface area contributed by atoms with Crippen LogP contribution in [-0.4, -0.2) is 63.4 Å². The summed E-state index contributed by atoms with van der Waals surface area (Å²) in [5, 5.41) is 0. The van der Waals surface area contributed by atoms with E-state index < -0.39 is 11.4 Å². The van der Waals surface area contributed by atoms with Crippen LogP contribution in [0.4, 0.5) is 15.0 Å². The number of allylic oxidation sites excluding steroid dienone is 1. The van der Waals surface area contributed by atoms with Gasteiger partial charge in [0.15, 0.2) is 11.6 Å². The summed E-state index contributed by atoms with van der Waals surface area (Å²) in [6.07, 6.45) is 6.10. The number of carbonyl (C=O) groups is 2. The van der Waals surface area contributed by atoms with E-state index >= 15 is 0 Å². The molecule has 3 heterocycles. The third kappa shape index (κ3) is 4.11. The van der Waals surface area contributed by atoms with E-state index in [1.807, 2.05) is 38.7 Å². The van der Waals surface area contributed by atoms with Crippen LogP contribution in [0.15, 0.2) is 24.2 Å². The second-order valence-electron chi connectivity index (χ2n) is 8.53. The largest absolute Gasteiger partial charge is 0.354 e. The predicted molar refractivity (Wildman–Crippen MR) is 109 cm³/mol. The molecule has 2 aliphatic rings. The average Bonchev–Trinajstić information content (AvgIpc) is 2.85. The summed E-state index contributed by atoms with van der Waals surface area (Å²) in [6, 6.07) is -0.201. The first kappa shape index (κ1) is 21.2. The molecule has 1 aromatic rings. The molecule has 1 aromatic heterocycles. The molecule has 2 aliphatic heterocycles. The number of carbonyl (C=O) groups excluding carboxylic acids is 2. The highest BCUT2D eigenvalue weighted by Crippen LogP contribution is 2.39. The van der Waals surface area contributed by atoms with Crippen LogP contribution in [0.25, 0.3) is 0 Å². The van der Waals surface area contributed by atoms with Crippen LogP contribution < -0.4 is 4.90 Å². The molecule has 0 atom stereocenters. The van der Waals surface area contributed by atoms with Crippen LogP contribution in [0.2, 0.25) is 0 Å². The van der Waals surface area contributed by atoms with Gasteiger partial charge < -0.3 is 9.80 Å². The van der Waals surface area contributed by atoms with Gasteiger partial charge in [-0.25, -0.2) is 19.2 Å². The molecule has 0 N–H and O–H groups in total. The van der Waals surface area contributed by atoms with Crippen molar-refractivity contribution in [2.45, 2.75) is 52.5 Å². The van der Waals surface area contributed by atoms with E-state index in [1.54, 1.807) is 4.90 Å². The van der Waals surface area contributed by atoms with Crippen molar-refractivity contribution in [1.29, 1.82) is 0 Å². The first-order valence-corrected chi connectivity index (χ1v) is 10.2. The Morgan fingerprint density at radius 3 is 2.55 bits per heavy atom. The van der Waals surface area contributed by atoms with Gasteiger partial charge >= 0.3 is 6.03 Å². The van der Waals surface area contributed by atoms with E-state index in [4.69, 9.17) is 0 Å². The van der Waals surface area contributed by atoms with Gasteiger partial charge in [0, 0.05) is 26.2 Å². The van der Waals surface area contributed by atoms with Crippen molar-refractivity contribution in [1.82, 2.24) is 19.8 Å². The van der Waals surface area contributed by atoms with E-state index in [0.29, 0.717) is 45.4 Å². The summed E-state index contributed by atoms with van der Waals surface area (Å²) in [4.78, 5) is 39.3. The predicted octanol–water partition coefficient (Wildman–Crippen LogP) is 3.23. The molecule has 1 spiro atoms. The SMILES string of the molecule is CC(C)=CCCN1C(=O)N(CC(C)C)C2(CCN(c3ncncc3F)CC2)C1=O. The van der Waals surface area contributed by atoms with E-state index in [1.165, 1.54) is 11.2 Å². The molecule has 0 aromatic carbocycles. The van der Waals surface area contributed by atoms with E-state index in [-0.39, 0.29) is 23.7 Å². The minimum absolute atomic E-state index is 0.117. The topological polar surface area (TPSA) is 69.6 Å². The van der Waals surface area contributed by atoms with Crippen molar-refractivity contribution in [2.24, 2.45) is 5.92 Å². The smallest absolute Gasteiger partial charge is 0.327 e. The maximum atomic E-state index is 14.1. The fraction of sp³-hybridized carbons (Fsp3) is 0.619. The first-order chi connectivity index (χ1) is 13.8. The highest BCUT2D eigenvalue weighted by atomic mass is 19.1. The number of urea groups is 1. The molecule has 7 nitrogen and oxygen atoms in total. The lowest BCUT2D eigenvalue weighted by atomic mass is 9.85. The fourth-order valence-electron chi connectivity index (χ4n) is 4.19. The lowest BCUT2D eigenvalue weighted by Crippen LogP contribution is -2.57. The molecule has 2 saturated heterocycles. The van der Waals surface area contributed by atoms with Crippen molar-refractivity contribution >= 4 is 17.8 Å². The molecule has 8 heteroatoms. The number of hydrogen-bond acceptors (Lipinski definition) is 5. The molecular weight excluding hydrogens is 373 g/mol. The van der Waals surface area contributed by atoms with Crippen LogP contribution in [0.3, 0.4) is 0 Å². The third-order valence-corrected chi connectivity index (χ3v) is 5.61. The van der Waals surface area contributed by atoms with Gasteiger partial charge in [0.25, 0.3) is 5.91 Å². The summed E-state index contributed by atoms with van der Waals surface area (Å²) >= 11 is 0. The van der Waals surface area contributed by atoms with Gasteiger partial charge in [0.2, 0.25) is 0 Å². The van der Waals surface area contributed by atoms with Crippen LogP contribution in [0, 0.1) is 11.7 Å². The van der Waals surface area contributed by atoms with Gasteiger partial charge in [0.05, 0.1) is 6.20 Å². The lowest BCUT2D eigenvalue weighted by molar-refractivity contribution is -0.134. The Balaban J connectivity index is 1.81. The van der Waals surface area contributed by atoms with E-state index in [0.717, 1.165) is 11.8 Å². The van der Waals surface area contributed by atoms with Crippen LogP contribution in [0.1, 0.15) is 47.0 Å². The number of amides is 3. The molecule has 3 amide bonds. The number of imide groups is 1. The third-order valence-electron chi connectivity index (χ3n) is 5.61. The quantitative estimate of drug-likeness (QED) is 0.539. The van der Waals surface area contributed by atoms with E-state index in [2.05, 4.69) is 9.97 Å². The Labute approximate surface area is 171 Å². The zero-order chi connectivity index (χ0) is 21.2. The average molecular weight is 404 g/mol. The molecule has 2 fully saturated rings. The maximum absolute atomic E-state index is 14.1. The number of anilines is 1. The van der Waals surface area contributed by atoms with Gasteiger partial charge in [-0.2, -0.15) is 0 Å². The van der Waals surface area contributed by atoms with Crippen LogP contribution in [-0.2, 0) is 4.79 Å². The summed E-state index contributed by atoms with van der Waals surface area (Å²) in [5.41, 5.74) is 0.324. The standard InChI is InChI=1S/C21H30FN5O2/c1-15(2)6-5-9-26-19(28)21(27(20(26)29)13-16(3)4)7-10-25(11-8-21)18-17(22)12-23-14-24-18/h6,12,14,16H,5,7-11,13H2,1-4H3. The highest BCUT2D eigenvalue weighted by molar-refractivity contribution is 6.07. The Bertz CT molecular complexity index is 798. The number of halogens is 1. The molecule has 0 saturated carbocycles. The Morgan fingerprint density at radius 1 is 1.28 bits per heavy atom. The van der Waals surface area contributed by atoms with Crippen molar-refractivity contribution in [3.8, 4) is 0 Å². The van der Waals surface area contributed by atoms with Crippen molar-refractivity contribution in [3.63, 3.8) is 0 Å². The minimum Gasteiger partial charge on any atom is -0.354 e. The molecule has 0 aliphatic carbocycles. The maximum Gasteiger partial charge on any atom is 0.327 e. The van der Waals surface area contributed by atoms with Gasteiger partial charge in [-0.15, -0.1) is 0 Å². The van der Waals surface area contributed by atoms with Crippen molar-refractivity contribution < 1.29 is 14.0 Å². The van der Waals surface area contributed by atoms with Crippen LogP contribution >= 0.6 is 0 Å². The number of piperidine rings is 1. The Kier molecular flexibility index (Phi) is 6.19. The zero-order valence-electron chi connectivity index (χ0n) is 17.7. The normalized spacial score (nSPS) is 18.9. The highest BCUT2D eigenvalue weighted by Gasteiger charge is 2.57. The molecule has 3 rings (SSSR count). The van der Waals surface area contributed by atoms with Gasteiger partial charge in [-0.05, 0) is 39.0 Å². The van der Waals surface area contributed by atoms with Crippen molar-refractivity contribution in [3.05, 3.63) is 30.0 Å². The number of nitrogens with zero attached hydrogens (tertiary/aromatic N) is 5. The molecule has 29 heavy (non-hydrogen) atoms. The zero-order valence-corrected chi connectivity index (χ0v) is 17.7. The number of hydrogen-bond donors (Lipinski definition) is 0. The monoisotopic (exact) mass is 403 g/mol. The molecular formula is C21H30FN5O2. The van der Waals surface area contributed by atoms with Crippen molar-refractivity contribution in [2.75, 3.05) is 31.1 Å². The lowest BCUT2D eigenvalue weighted by Gasteiger charge is -2.43. The molecule has 0 unspecified atom stereocenters. The number of aromatic nitrogens is 2. The minimum atomic E-state index is -0.841. The summed E-state index contributed by atoms with van der Waals surface area (Å²) < 4.78 is 14.1. The first-order valence-electron chi connectivity index (χ1n) is 10.2. The fourth-order valence-corrected chi connectivity index (χ4v) is 4.19. The Morgan fingerprint density at radius 2 is 1.97 bits per heavy atom. The van der Waals surface area contributed by atoms with Gasteiger partial charge in [-0.3, -0.25) is 9.69 Å². The Hall–Kier alpha value is -2.51. The molecule has 158 valence electrons. The second kappa shape index (κ2) is 8.47. The number of rotatable bonds is 6. The summed E-state index contributed by atoms with van der Waals surface area (Å²) in [5.74, 6) is -0.0890. The van der Waals surface area contributed by atoms with Gasteiger partial charge in [-0.1, -0.05) is 25.5 Å². The molecule has 0 radical (unpaired) electrons. The summed E-state index contributed by atoms with van der Waals surface area (Å²) in [6.45, 7) is 9.94. The van der Waals surface area contributed by atoms with E-state index in [9.17, 15) is 14.0 Å². The molecule has 0 bridgehead atoms. The van der Waals surface area contributed by atoms with Crippen LogP contribution in [0.5, 0.6) is 0 Å². The second-order valence-corrected chi connectivity index (χ2v) is 8.53. The van der Waals surface area contributed by atoms with Gasteiger partial charge in [0.1, 0.15) is 11.9 Å². The summed E-state index contributed by atoms with van der Waals surface area (Å²) in [7, 11) is 0.